The smallest absolute Gasteiger partial charge is 0.412 e. The molecule has 0 saturated heterocycles. The number of carbonyl (C=O) groups is 1. The molecular weight excluding hydrogens is 382 g/mol. The van der Waals surface area contributed by atoms with Crippen molar-refractivity contribution in [3.63, 3.8) is 0 Å². The quantitative estimate of drug-likeness (QED) is 0.672. The monoisotopic (exact) mass is 408 g/mol. The Kier molecular flexibility index (Phi) is 7.44. The Morgan fingerprint density at radius 3 is 2.66 bits per heavy atom. The molecule has 1 unspecified atom stereocenters. The predicted molar refractivity (Wildman–Crippen MR) is 106 cm³/mol. The lowest BCUT2D eigenvalue weighted by atomic mass is 9.93. The number of halogens is 2. The minimum absolute atomic E-state index is 0.00820. The molecule has 2 aromatic rings. The standard InChI is InChI=1S/C20H26F2N4O3/c1-12(2)9-20(3,23)11-29-16-10-25-15(8-14(16)18(21)22)13-5-6-24-17(7-13)26-19(27)28-4/h5-8,10,12,18H,9,11,23H2,1-4H3,(H,24,26,27). The third-order valence-electron chi connectivity index (χ3n) is 4.04. The molecule has 2 rings (SSSR count). The number of nitrogens with one attached hydrogen (secondary N) is 1. The van der Waals surface area contributed by atoms with E-state index in [0.717, 1.165) is 0 Å². The van der Waals surface area contributed by atoms with Crippen LogP contribution in [0.15, 0.2) is 30.6 Å². The Balaban J connectivity index is 2.26. The maximum Gasteiger partial charge on any atom is 0.412 e. The van der Waals surface area contributed by atoms with Crippen LogP contribution in [-0.4, -0.2) is 35.3 Å². The van der Waals surface area contributed by atoms with Gasteiger partial charge in [-0.25, -0.2) is 18.6 Å². The van der Waals surface area contributed by atoms with Gasteiger partial charge in [-0.05, 0) is 37.5 Å². The van der Waals surface area contributed by atoms with E-state index in [1.807, 2.05) is 20.8 Å². The molecule has 1 amide bonds. The van der Waals surface area contributed by atoms with E-state index in [9.17, 15) is 13.6 Å². The van der Waals surface area contributed by atoms with Gasteiger partial charge in [0.2, 0.25) is 0 Å². The number of hydrogen-bond donors (Lipinski definition) is 2. The average molecular weight is 408 g/mol. The molecule has 3 N–H and O–H groups in total. The summed E-state index contributed by atoms with van der Waals surface area (Å²) in [7, 11) is 1.22. The van der Waals surface area contributed by atoms with E-state index in [1.54, 1.807) is 6.07 Å². The van der Waals surface area contributed by atoms with Crippen LogP contribution < -0.4 is 15.8 Å². The molecule has 0 fully saturated rings. The Hall–Kier alpha value is -2.81. The van der Waals surface area contributed by atoms with Gasteiger partial charge in [0.1, 0.15) is 18.2 Å². The van der Waals surface area contributed by atoms with Crippen molar-refractivity contribution >= 4 is 11.9 Å². The second-order valence-electron chi connectivity index (χ2n) is 7.50. The highest BCUT2D eigenvalue weighted by Crippen LogP contribution is 2.32. The lowest BCUT2D eigenvalue weighted by Crippen LogP contribution is -2.43. The fraction of sp³-hybridized carbons (Fsp3) is 0.450. The molecule has 0 aliphatic carbocycles. The number of nitrogens with two attached hydrogens (primary N) is 1. The third-order valence-corrected chi connectivity index (χ3v) is 4.04. The van der Waals surface area contributed by atoms with Crippen molar-refractivity contribution in [2.45, 2.75) is 39.2 Å². The molecule has 158 valence electrons. The number of amides is 1. The van der Waals surface area contributed by atoms with Gasteiger partial charge in [0.15, 0.2) is 0 Å². The van der Waals surface area contributed by atoms with Crippen LogP contribution in [0.25, 0.3) is 11.3 Å². The topological polar surface area (TPSA) is 99.4 Å². The van der Waals surface area contributed by atoms with Crippen LogP contribution >= 0.6 is 0 Å². The zero-order chi connectivity index (χ0) is 21.6. The van der Waals surface area contributed by atoms with Crippen molar-refractivity contribution in [1.29, 1.82) is 0 Å². The molecule has 0 spiro atoms. The summed E-state index contributed by atoms with van der Waals surface area (Å²) in [6.07, 6.45) is -0.0622. The van der Waals surface area contributed by atoms with Gasteiger partial charge in [0, 0.05) is 17.3 Å². The van der Waals surface area contributed by atoms with E-state index in [1.165, 1.54) is 31.6 Å². The Bertz CT molecular complexity index is 844. The van der Waals surface area contributed by atoms with Gasteiger partial charge in [0.05, 0.1) is 24.6 Å². The minimum Gasteiger partial charge on any atom is -0.490 e. The summed E-state index contributed by atoms with van der Waals surface area (Å²) in [6, 6.07) is 4.36. The predicted octanol–water partition coefficient (Wildman–Crippen LogP) is 4.40. The van der Waals surface area contributed by atoms with Crippen LogP contribution in [0, 0.1) is 5.92 Å². The highest BCUT2D eigenvalue weighted by Gasteiger charge is 2.23. The molecule has 0 radical (unpaired) electrons. The van der Waals surface area contributed by atoms with Crippen LogP contribution in [0.1, 0.15) is 39.2 Å². The average Bonchev–Trinajstić information content (AvgIpc) is 2.65. The summed E-state index contributed by atoms with van der Waals surface area (Å²) in [5.74, 6) is 0.553. The molecule has 7 nitrogen and oxygen atoms in total. The van der Waals surface area contributed by atoms with E-state index < -0.39 is 18.1 Å². The van der Waals surface area contributed by atoms with Gasteiger partial charge in [-0.15, -0.1) is 0 Å². The second-order valence-corrected chi connectivity index (χ2v) is 7.50. The molecule has 2 aromatic heterocycles. The van der Waals surface area contributed by atoms with E-state index in [2.05, 4.69) is 20.0 Å². The number of hydrogen-bond acceptors (Lipinski definition) is 6. The molecule has 1 atom stereocenters. The molecule has 29 heavy (non-hydrogen) atoms. The Morgan fingerprint density at radius 1 is 1.31 bits per heavy atom. The fourth-order valence-electron chi connectivity index (χ4n) is 2.96. The molecule has 0 aliphatic heterocycles. The second kappa shape index (κ2) is 9.60. The lowest BCUT2D eigenvalue weighted by Gasteiger charge is -2.27. The van der Waals surface area contributed by atoms with Crippen molar-refractivity contribution in [3.05, 3.63) is 36.2 Å². The number of pyridine rings is 2. The lowest BCUT2D eigenvalue weighted by molar-refractivity contribution is 0.139. The number of methoxy groups -OCH3 is 1. The highest BCUT2D eigenvalue weighted by atomic mass is 19.3. The van der Waals surface area contributed by atoms with Crippen molar-refractivity contribution in [1.82, 2.24) is 9.97 Å². The van der Waals surface area contributed by atoms with Crippen molar-refractivity contribution < 1.29 is 23.0 Å². The van der Waals surface area contributed by atoms with Crippen molar-refractivity contribution in [2.75, 3.05) is 19.0 Å². The number of carbonyl (C=O) groups excluding carboxylic acids is 1. The normalized spacial score (nSPS) is 13.3. The summed E-state index contributed by atoms with van der Waals surface area (Å²) in [4.78, 5) is 19.5. The van der Waals surface area contributed by atoms with E-state index >= 15 is 0 Å². The first-order valence-electron chi connectivity index (χ1n) is 9.12. The molecule has 0 aliphatic rings. The van der Waals surface area contributed by atoms with Gasteiger partial charge in [-0.2, -0.15) is 0 Å². The Morgan fingerprint density at radius 2 is 2.03 bits per heavy atom. The van der Waals surface area contributed by atoms with Crippen LogP contribution in [0.2, 0.25) is 0 Å². The number of nitrogens with zero attached hydrogens (tertiary/aromatic N) is 2. The van der Waals surface area contributed by atoms with Crippen molar-refractivity contribution in [3.8, 4) is 17.0 Å². The number of rotatable bonds is 8. The van der Waals surface area contributed by atoms with Gasteiger partial charge in [0.25, 0.3) is 6.43 Å². The summed E-state index contributed by atoms with van der Waals surface area (Å²) >= 11 is 0. The molecule has 9 heteroatoms. The van der Waals surface area contributed by atoms with E-state index in [0.29, 0.717) is 23.6 Å². The first kappa shape index (κ1) is 22.5. The number of anilines is 1. The Labute approximate surface area is 168 Å². The maximum atomic E-state index is 13.6. The van der Waals surface area contributed by atoms with Crippen LogP contribution in [0.4, 0.5) is 19.4 Å². The SMILES string of the molecule is COC(=O)Nc1cc(-c2cc(C(F)F)c(OCC(C)(N)CC(C)C)cn2)ccn1. The number of aromatic nitrogens is 2. The molecular formula is C20H26F2N4O3. The fourth-order valence-corrected chi connectivity index (χ4v) is 2.96. The van der Waals surface area contributed by atoms with E-state index in [4.69, 9.17) is 10.5 Å². The van der Waals surface area contributed by atoms with Gasteiger partial charge in [-0.3, -0.25) is 10.3 Å². The number of ether oxygens (including phenoxy) is 2. The summed E-state index contributed by atoms with van der Waals surface area (Å²) in [6.45, 7) is 5.98. The summed E-state index contributed by atoms with van der Waals surface area (Å²) < 4.78 is 37.4. The largest absolute Gasteiger partial charge is 0.490 e. The highest BCUT2D eigenvalue weighted by molar-refractivity contribution is 5.84. The first-order chi connectivity index (χ1) is 13.6. The molecule has 2 heterocycles. The zero-order valence-corrected chi connectivity index (χ0v) is 16.9. The van der Waals surface area contributed by atoms with E-state index in [-0.39, 0.29) is 23.7 Å². The van der Waals surface area contributed by atoms with Crippen LogP contribution in [-0.2, 0) is 4.74 Å². The number of alkyl halides is 2. The maximum absolute atomic E-state index is 13.6. The van der Waals surface area contributed by atoms with Gasteiger partial charge < -0.3 is 15.2 Å². The van der Waals surface area contributed by atoms with Gasteiger partial charge >= 0.3 is 6.09 Å². The molecule has 0 aromatic carbocycles. The third kappa shape index (κ3) is 6.63. The van der Waals surface area contributed by atoms with Crippen LogP contribution in [0.5, 0.6) is 5.75 Å². The van der Waals surface area contributed by atoms with Gasteiger partial charge in [-0.1, -0.05) is 13.8 Å². The van der Waals surface area contributed by atoms with Crippen molar-refractivity contribution in [2.24, 2.45) is 11.7 Å². The molecule has 0 saturated carbocycles. The summed E-state index contributed by atoms with van der Waals surface area (Å²) in [5, 5.41) is 2.42. The van der Waals surface area contributed by atoms with Crippen LogP contribution in [0.3, 0.4) is 0 Å². The molecule has 0 bridgehead atoms. The zero-order valence-electron chi connectivity index (χ0n) is 16.9. The first-order valence-corrected chi connectivity index (χ1v) is 9.12. The summed E-state index contributed by atoms with van der Waals surface area (Å²) in [5.41, 5.74) is 6.06. The minimum atomic E-state index is -2.75.